The average Bonchev–Trinajstić information content (AvgIpc) is 2.39. The summed E-state index contributed by atoms with van der Waals surface area (Å²) in [5, 5.41) is 0. The Bertz CT molecular complexity index is 391. The first-order valence-corrected chi connectivity index (χ1v) is 6.20. The van der Waals surface area contributed by atoms with Gasteiger partial charge in [-0.15, -0.1) is 0 Å². The Balaban J connectivity index is 2.84. The molecule has 1 rings (SSSR count). The number of rotatable bonds is 6. The average molecular weight is 254 g/mol. The van der Waals surface area contributed by atoms with Gasteiger partial charge in [-0.1, -0.05) is 13.0 Å². The highest BCUT2D eigenvalue weighted by atomic mass is 19.1. The van der Waals surface area contributed by atoms with Gasteiger partial charge in [-0.05, 0) is 26.5 Å². The SMILES string of the molecule is CCC(C)(CN)N(C)Cc1ccc(OC)cc1F. The number of benzene rings is 1. The van der Waals surface area contributed by atoms with Crippen molar-refractivity contribution in [2.45, 2.75) is 32.4 Å². The Morgan fingerprint density at radius 3 is 2.56 bits per heavy atom. The van der Waals surface area contributed by atoms with E-state index in [1.165, 1.54) is 13.2 Å². The van der Waals surface area contributed by atoms with Crippen molar-refractivity contribution >= 4 is 0 Å². The zero-order chi connectivity index (χ0) is 13.8. The maximum atomic E-state index is 13.9. The Morgan fingerprint density at radius 2 is 2.11 bits per heavy atom. The summed E-state index contributed by atoms with van der Waals surface area (Å²) in [6.45, 7) is 5.28. The molecule has 1 aromatic rings. The van der Waals surface area contributed by atoms with Gasteiger partial charge in [0.15, 0.2) is 0 Å². The molecule has 3 nitrogen and oxygen atoms in total. The molecule has 0 bridgehead atoms. The number of likely N-dealkylation sites (N-methyl/N-ethyl adjacent to an activating group) is 1. The molecule has 0 radical (unpaired) electrons. The summed E-state index contributed by atoms with van der Waals surface area (Å²) >= 11 is 0. The van der Waals surface area contributed by atoms with E-state index < -0.39 is 0 Å². The highest BCUT2D eigenvalue weighted by molar-refractivity contribution is 5.28. The van der Waals surface area contributed by atoms with Crippen LogP contribution in [0.1, 0.15) is 25.8 Å². The summed E-state index contributed by atoms with van der Waals surface area (Å²) in [5.41, 5.74) is 6.35. The van der Waals surface area contributed by atoms with Crippen molar-refractivity contribution in [3.63, 3.8) is 0 Å². The monoisotopic (exact) mass is 254 g/mol. The molecule has 1 aromatic carbocycles. The van der Waals surface area contributed by atoms with Gasteiger partial charge in [0.2, 0.25) is 0 Å². The summed E-state index contributed by atoms with van der Waals surface area (Å²) < 4.78 is 18.8. The van der Waals surface area contributed by atoms with Crippen molar-refractivity contribution in [2.24, 2.45) is 5.73 Å². The topological polar surface area (TPSA) is 38.5 Å². The molecule has 18 heavy (non-hydrogen) atoms. The molecule has 0 heterocycles. The number of methoxy groups -OCH3 is 1. The summed E-state index contributed by atoms with van der Waals surface area (Å²) in [5.74, 6) is 0.299. The molecule has 2 N–H and O–H groups in total. The van der Waals surface area contributed by atoms with Gasteiger partial charge in [0.25, 0.3) is 0 Å². The largest absolute Gasteiger partial charge is 0.497 e. The highest BCUT2D eigenvalue weighted by Gasteiger charge is 2.26. The van der Waals surface area contributed by atoms with Crippen LogP contribution in [-0.4, -0.2) is 31.1 Å². The smallest absolute Gasteiger partial charge is 0.131 e. The molecule has 1 unspecified atom stereocenters. The number of halogens is 1. The zero-order valence-corrected chi connectivity index (χ0v) is 11.7. The molecule has 0 aromatic heterocycles. The van der Waals surface area contributed by atoms with E-state index >= 15 is 0 Å². The number of nitrogens with two attached hydrogens (primary N) is 1. The quantitative estimate of drug-likeness (QED) is 0.847. The summed E-state index contributed by atoms with van der Waals surface area (Å²) in [4.78, 5) is 2.10. The van der Waals surface area contributed by atoms with Crippen LogP contribution >= 0.6 is 0 Å². The molecule has 102 valence electrons. The van der Waals surface area contributed by atoms with Crippen molar-refractivity contribution in [1.82, 2.24) is 4.90 Å². The van der Waals surface area contributed by atoms with Crippen LogP contribution in [0.2, 0.25) is 0 Å². The molecular formula is C14H23FN2O. The predicted molar refractivity (Wildman–Crippen MR) is 72.2 cm³/mol. The van der Waals surface area contributed by atoms with Crippen LogP contribution in [0.3, 0.4) is 0 Å². The van der Waals surface area contributed by atoms with Crippen LogP contribution in [0.25, 0.3) is 0 Å². The predicted octanol–water partition coefficient (Wildman–Crippen LogP) is 2.39. The van der Waals surface area contributed by atoms with Gasteiger partial charge in [0, 0.05) is 30.3 Å². The fraction of sp³-hybridized carbons (Fsp3) is 0.571. The van der Waals surface area contributed by atoms with Gasteiger partial charge in [-0.25, -0.2) is 4.39 Å². The van der Waals surface area contributed by atoms with Crippen LogP contribution < -0.4 is 10.5 Å². The number of hydrogen-bond acceptors (Lipinski definition) is 3. The van der Waals surface area contributed by atoms with E-state index in [1.807, 2.05) is 7.05 Å². The van der Waals surface area contributed by atoms with Gasteiger partial charge in [0.05, 0.1) is 7.11 Å². The van der Waals surface area contributed by atoms with E-state index in [0.29, 0.717) is 24.4 Å². The van der Waals surface area contributed by atoms with Crippen molar-refractivity contribution in [3.05, 3.63) is 29.6 Å². The lowest BCUT2D eigenvalue weighted by molar-refractivity contribution is 0.130. The third-order valence-corrected chi connectivity index (χ3v) is 3.79. The normalized spacial score (nSPS) is 14.6. The third kappa shape index (κ3) is 3.21. The fourth-order valence-corrected chi connectivity index (χ4v) is 1.80. The van der Waals surface area contributed by atoms with Crippen LogP contribution in [-0.2, 0) is 6.54 Å². The fourth-order valence-electron chi connectivity index (χ4n) is 1.80. The second-order valence-corrected chi connectivity index (χ2v) is 4.87. The molecule has 0 aliphatic rings. The van der Waals surface area contributed by atoms with Crippen molar-refractivity contribution in [2.75, 3.05) is 20.7 Å². The van der Waals surface area contributed by atoms with E-state index in [2.05, 4.69) is 18.7 Å². The molecular weight excluding hydrogens is 231 g/mol. The van der Waals surface area contributed by atoms with Crippen LogP contribution in [0.15, 0.2) is 18.2 Å². The first-order chi connectivity index (χ1) is 8.46. The van der Waals surface area contributed by atoms with E-state index in [0.717, 1.165) is 6.42 Å². The Morgan fingerprint density at radius 1 is 1.44 bits per heavy atom. The lowest BCUT2D eigenvalue weighted by Gasteiger charge is -2.37. The van der Waals surface area contributed by atoms with Crippen LogP contribution in [0.4, 0.5) is 4.39 Å². The van der Waals surface area contributed by atoms with Gasteiger partial charge >= 0.3 is 0 Å². The molecule has 0 saturated heterocycles. The molecule has 0 saturated carbocycles. The van der Waals surface area contributed by atoms with Gasteiger partial charge in [-0.2, -0.15) is 0 Å². The van der Waals surface area contributed by atoms with Gasteiger partial charge < -0.3 is 10.5 Å². The Kier molecular flexibility index (Phi) is 5.11. The van der Waals surface area contributed by atoms with Crippen molar-refractivity contribution < 1.29 is 9.13 Å². The van der Waals surface area contributed by atoms with E-state index in [9.17, 15) is 4.39 Å². The maximum Gasteiger partial charge on any atom is 0.131 e. The maximum absolute atomic E-state index is 13.9. The number of ether oxygens (including phenoxy) is 1. The molecule has 0 spiro atoms. The van der Waals surface area contributed by atoms with Crippen molar-refractivity contribution in [1.29, 1.82) is 0 Å². The summed E-state index contributed by atoms with van der Waals surface area (Å²) in [7, 11) is 3.50. The zero-order valence-electron chi connectivity index (χ0n) is 11.7. The number of nitrogens with zero attached hydrogens (tertiary/aromatic N) is 1. The summed E-state index contributed by atoms with van der Waals surface area (Å²) in [6, 6.07) is 4.95. The Hall–Kier alpha value is -1.13. The highest BCUT2D eigenvalue weighted by Crippen LogP contribution is 2.22. The third-order valence-electron chi connectivity index (χ3n) is 3.79. The molecule has 0 amide bonds. The van der Waals surface area contributed by atoms with Crippen molar-refractivity contribution in [3.8, 4) is 5.75 Å². The number of hydrogen-bond donors (Lipinski definition) is 1. The standard InChI is InChI=1S/C14H23FN2O/c1-5-14(2,10-16)17(3)9-11-6-7-12(18-4)8-13(11)15/h6-8H,5,9-10,16H2,1-4H3. The molecule has 4 heteroatoms. The molecule has 0 fully saturated rings. The minimum atomic E-state index is -0.239. The molecule has 0 aliphatic carbocycles. The second kappa shape index (κ2) is 6.16. The minimum absolute atomic E-state index is 0.105. The van der Waals surface area contributed by atoms with Crippen LogP contribution in [0, 0.1) is 5.82 Å². The lowest BCUT2D eigenvalue weighted by atomic mass is 9.96. The van der Waals surface area contributed by atoms with Gasteiger partial charge in [0.1, 0.15) is 11.6 Å². The lowest BCUT2D eigenvalue weighted by Crippen LogP contribution is -2.48. The van der Waals surface area contributed by atoms with E-state index in [-0.39, 0.29) is 11.4 Å². The van der Waals surface area contributed by atoms with Crippen LogP contribution in [0.5, 0.6) is 5.75 Å². The molecule has 1 atom stereocenters. The van der Waals surface area contributed by atoms with Gasteiger partial charge in [-0.3, -0.25) is 4.90 Å². The Labute approximate surface area is 109 Å². The molecule has 0 aliphatic heterocycles. The second-order valence-electron chi connectivity index (χ2n) is 4.87. The van der Waals surface area contributed by atoms with E-state index in [4.69, 9.17) is 10.5 Å². The first-order valence-electron chi connectivity index (χ1n) is 6.20. The first kappa shape index (κ1) is 14.9. The minimum Gasteiger partial charge on any atom is -0.497 e. The summed E-state index contributed by atoms with van der Waals surface area (Å²) in [6.07, 6.45) is 0.928. The van der Waals surface area contributed by atoms with E-state index in [1.54, 1.807) is 12.1 Å².